The molecule has 9 aromatic carbocycles. The molecular formula is C52H34N2S2. The second-order valence-electron chi connectivity index (χ2n) is 14.1. The highest BCUT2D eigenvalue weighted by Crippen LogP contribution is 2.52. The van der Waals surface area contributed by atoms with E-state index >= 15 is 0 Å². The predicted octanol–water partition coefficient (Wildman–Crippen LogP) is 16.2. The lowest BCUT2D eigenvalue weighted by molar-refractivity contribution is 1.30. The van der Waals surface area contributed by atoms with Crippen molar-refractivity contribution in [3.05, 3.63) is 206 Å². The van der Waals surface area contributed by atoms with Gasteiger partial charge in [0.2, 0.25) is 0 Å². The van der Waals surface area contributed by atoms with Gasteiger partial charge in [0, 0.05) is 52.7 Å². The summed E-state index contributed by atoms with van der Waals surface area (Å²) in [6, 6.07) is 74.9. The highest BCUT2D eigenvalue weighted by atomic mass is 32.1. The Balaban J connectivity index is 1.16. The first-order valence-corrected chi connectivity index (χ1v) is 20.6. The fourth-order valence-corrected chi connectivity index (χ4v) is 10.8. The fourth-order valence-electron chi connectivity index (χ4n) is 8.31. The Bertz CT molecular complexity index is 3190. The molecule has 0 spiro atoms. The van der Waals surface area contributed by atoms with E-state index in [1.807, 2.05) is 22.7 Å². The molecule has 56 heavy (non-hydrogen) atoms. The Hall–Kier alpha value is -6.72. The molecule has 0 aliphatic rings. The molecule has 0 saturated carbocycles. The van der Waals surface area contributed by atoms with Gasteiger partial charge in [-0.25, -0.2) is 0 Å². The van der Waals surface area contributed by atoms with Gasteiger partial charge in [0.1, 0.15) is 0 Å². The van der Waals surface area contributed by atoms with Gasteiger partial charge in [-0.1, -0.05) is 140 Å². The van der Waals surface area contributed by atoms with Crippen LogP contribution in [-0.2, 0) is 0 Å². The number of anilines is 6. The lowest BCUT2D eigenvalue weighted by atomic mass is 10.0. The molecule has 0 amide bonds. The molecule has 0 unspecified atom stereocenters. The quantitative estimate of drug-likeness (QED) is 0.160. The first-order chi connectivity index (χ1) is 27.8. The summed E-state index contributed by atoms with van der Waals surface area (Å²) in [5, 5.41) is 7.61. The van der Waals surface area contributed by atoms with Crippen molar-refractivity contribution in [2.75, 3.05) is 9.80 Å². The largest absolute Gasteiger partial charge is 0.309 e. The van der Waals surface area contributed by atoms with Crippen molar-refractivity contribution < 1.29 is 0 Å². The van der Waals surface area contributed by atoms with Crippen LogP contribution in [0.5, 0.6) is 0 Å². The van der Waals surface area contributed by atoms with Gasteiger partial charge >= 0.3 is 0 Å². The monoisotopic (exact) mass is 750 g/mol. The van der Waals surface area contributed by atoms with E-state index in [0.717, 1.165) is 22.7 Å². The molecular weight excluding hydrogens is 717 g/mol. The van der Waals surface area contributed by atoms with Crippen molar-refractivity contribution >= 4 is 108 Å². The van der Waals surface area contributed by atoms with E-state index in [2.05, 4.69) is 216 Å². The van der Waals surface area contributed by atoms with Crippen LogP contribution in [0.25, 0.3) is 62.2 Å². The molecule has 0 fully saturated rings. The number of benzene rings is 9. The van der Waals surface area contributed by atoms with Crippen LogP contribution in [0.15, 0.2) is 206 Å². The maximum absolute atomic E-state index is 2.51. The Morgan fingerprint density at radius 3 is 1.61 bits per heavy atom. The summed E-state index contributed by atoms with van der Waals surface area (Å²) in [5.41, 5.74) is 9.31. The van der Waals surface area contributed by atoms with Gasteiger partial charge in [-0.05, 0) is 88.6 Å². The molecule has 0 aliphatic heterocycles. The van der Waals surface area contributed by atoms with Crippen LogP contribution < -0.4 is 9.80 Å². The summed E-state index contributed by atoms with van der Waals surface area (Å²) >= 11 is 3.76. The normalized spacial score (nSPS) is 11.6. The van der Waals surface area contributed by atoms with Gasteiger partial charge in [0.25, 0.3) is 0 Å². The molecule has 0 saturated heterocycles. The molecule has 0 aliphatic carbocycles. The average Bonchev–Trinajstić information content (AvgIpc) is 3.86. The molecule has 0 N–H and O–H groups in total. The average molecular weight is 751 g/mol. The van der Waals surface area contributed by atoms with E-state index in [0.29, 0.717) is 0 Å². The summed E-state index contributed by atoms with van der Waals surface area (Å²) in [6.45, 7) is 0. The molecule has 0 atom stereocenters. The molecule has 4 heteroatoms. The third kappa shape index (κ3) is 5.37. The Kier molecular flexibility index (Phi) is 7.90. The van der Waals surface area contributed by atoms with Gasteiger partial charge in [0.05, 0.1) is 21.8 Å². The lowest BCUT2D eigenvalue weighted by Gasteiger charge is -2.28. The number of thiophene rings is 2. The fraction of sp³-hybridized carbons (Fsp3) is 0. The molecule has 0 bridgehead atoms. The van der Waals surface area contributed by atoms with Crippen molar-refractivity contribution in [3.8, 4) is 11.1 Å². The van der Waals surface area contributed by atoms with E-state index < -0.39 is 0 Å². The van der Waals surface area contributed by atoms with Crippen LogP contribution >= 0.6 is 22.7 Å². The van der Waals surface area contributed by atoms with Gasteiger partial charge in [-0.3, -0.25) is 0 Å². The number of fused-ring (bicyclic) bond motifs is 8. The van der Waals surface area contributed by atoms with Crippen LogP contribution in [0, 0.1) is 0 Å². The molecule has 11 aromatic rings. The van der Waals surface area contributed by atoms with Gasteiger partial charge in [-0.2, -0.15) is 0 Å². The summed E-state index contributed by atoms with van der Waals surface area (Å²) in [7, 11) is 0. The number of hydrogen-bond acceptors (Lipinski definition) is 4. The zero-order valence-corrected chi connectivity index (χ0v) is 32.0. The van der Waals surface area contributed by atoms with Crippen LogP contribution in [0.3, 0.4) is 0 Å². The summed E-state index contributed by atoms with van der Waals surface area (Å²) < 4.78 is 5.13. The predicted molar refractivity (Wildman–Crippen MR) is 245 cm³/mol. The Labute approximate surface area is 333 Å². The highest BCUT2D eigenvalue weighted by molar-refractivity contribution is 7.27. The third-order valence-corrected chi connectivity index (χ3v) is 13.2. The van der Waals surface area contributed by atoms with Crippen molar-refractivity contribution in [1.29, 1.82) is 0 Å². The zero-order chi connectivity index (χ0) is 37.0. The minimum absolute atomic E-state index is 1.12. The van der Waals surface area contributed by atoms with E-state index in [-0.39, 0.29) is 0 Å². The van der Waals surface area contributed by atoms with Crippen molar-refractivity contribution in [2.24, 2.45) is 0 Å². The lowest BCUT2D eigenvalue weighted by Crippen LogP contribution is -2.11. The maximum Gasteiger partial charge on any atom is 0.0640 e. The zero-order valence-electron chi connectivity index (χ0n) is 30.3. The molecule has 2 aromatic heterocycles. The number of rotatable bonds is 7. The maximum atomic E-state index is 2.51. The second-order valence-corrected chi connectivity index (χ2v) is 16.2. The molecule has 11 rings (SSSR count). The topological polar surface area (TPSA) is 6.48 Å². The van der Waals surface area contributed by atoms with Crippen molar-refractivity contribution in [3.63, 3.8) is 0 Å². The van der Waals surface area contributed by atoms with Gasteiger partial charge in [-0.15, -0.1) is 22.7 Å². The summed E-state index contributed by atoms with van der Waals surface area (Å²) in [5.74, 6) is 0. The van der Waals surface area contributed by atoms with Gasteiger partial charge in [0.15, 0.2) is 0 Å². The molecule has 264 valence electrons. The van der Waals surface area contributed by atoms with Crippen LogP contribution in [0.2, 0.25) is 0 Å². The first kappa shape index (κ1) is 32.7. The number of hydrogen-bond donors (Lipinski definition) is 0. The third-order valence-electron chi connectivity index (χ3n) is 10.8. The molecule has 2 heterocycles. The molecule has 0 radical (unpaired) electrons. The minimum atomic E-state index is 1.12. The van der Waals surface area contributed by atoms with Crippen LogP contribution in [-0.4, -0.2) is 0 Å². The first-order valence-electron chi connectivity index (χ1n) is 18.9. The minimum Gasteiger partial charge on any atom is -0.309 e. The summed E-state index contributed by atoms with van der Waals surface area (Å²) in [4.78, 5) is 4.91. The van der Waals surface area contributed by atoms with Crippen LogP contribution in [0.4, 0.5) is 34.1 Å². The second kappa shape index (κ2) is 13.5. The smallest absolute Gasteiger partial charge is 0.0640 e. The Morgan fingerprint density at radius 2 is 0.839 bits per heavy atom. The van der Waals surface area contributed by atoms with Gasteiger partial charge < -0.3 is 9.80 Å². The Morgan fingerprint density at radius 1 is 0.304 bits per heavy atom. The SMILES string of the molecule is c1ccc(-c2ccc(N(c3ccccc3)c3cccc4c3sc3cccc(N(c5ccccc5)c5cc6ccccc6c6sc7ccccc7c56)c34)cc2)cc1. The summed E-state index contributed by atoms with van der Waals surface area (Å²) in [6.07, 6.45) is 0. The van der Waals surface area contributed by atoms with Crippen molar-refractivity contribution in [2.45, 2.75) is 0 Å². The van der Waals surface area contributed by atoms with Crippen molar-refractivity contribution in [1.82, 2.24) is 0 Å². The van der Waals surface area contributed by atoms with E-state index in [1.165, 1.54) is 73.6 Å². The van der Waals surface area contributed by atoms with E-state index in [4.69, 9.17) is 0 Å². The van der Waals surface area contributed by atoms with E-state index in [1.54, 1.807) is 0 Å². The number of nitrogens with zero attached hydrogens (tertiary/aromatic N) is 2. The van der Waals surface area contributed by atoms with E-state index in [9.17, 15) is 0 Å². The number of para-hydroxylation sites is 2. The highest BCUT2D eigenvalue weighted by Gasteiger charge is 2.25. The standard InChI is InChI=1S/C52H34N2S2/c1-4-16-35(17-5-1)36-30-32-40(33-31-36)53(38-19-6-2-7-20-38)45-27-14-25-43-49-44(26-15-29-48(49)56-51(43)45)54(39-21-8-3-9-22-39)46-34-37-18-10-11-23-41(37)52-50(46)42-24-12-13-28-47(42)55-52/h1-34H. The molecule has 2 nitrogen and oxygen atoms in total. The van der Waals surface area contributed by atoms with Crippen LogP contribution in [0.1, 0.15) is 0 Å².